The first-order valence-electron chi connectivity index (χ1n) is 6.90. The number of hydrogen-bond donors (Lipinski definition) is 1. The minimum atomic E-state index is 0.0234. The summed E-state index contributed by atoms with van der Waals surface area (Å²) in [7, 11) is 0. The van der Waals surface area contributed by atoms with Crippen LogP contribution in [0.3, 0.4) is 0 Å². The van der Waals surface area contributed by atoms with Gasteiger partial charge in [-0.2, -0.15) is 0 Å². The van der Waals surface area contributed by atoms with Crippen LogP contribution in [0, 0.1) is 0 Å². The van der Waals surface area contributed by atoms with Gasteiger partial charge >= 0.3 is 0 Å². The molecule has 1 aromatic rings. The van der Waals surface area contributed by atoms with Crippen LogP contribution in [0.1, 0.15) is 27.2 Å². The van der Waals surface area contributed by atoms with E-state index in [1.54, 1.807) is 0 Å². The fraction of sp³-hybridized carbons (Fsp3) is 0.600. The summed E-state index contributed by atoms with van der Waals surface area (Å²) in [5.74, 6) is 0.790. The van der Waals surface area contributed by atoms with Gasteiger partial charge in [-0.3, -0.25) is 0 Å². The van der Waals surface area contributed by atoms with Crippen LogP contribution < -0.4 is 10.1 Å². The zero-order valence-electron chi connectivity index (χ0n) is 12.0. The predicted molar refractivity (Wildman–Crippen MR) is 80.1 cm³/mol. The monoisotopic (exact) mass is 285 g/mol. The second-order valence-corrected chi connectivity index (χ2v) is 4.96. The summed E-state index contributed by atoms with van der Waals surface area (Å²) < 4.78 is 11.5. The third-order valence-corrected chi connectivity index (χ3v) is 3.03. The molecule has 0 aliphatic rings. The summed E-state index contributed by atoms with van der Waals surface area (Å²) in [6, 6.07) is 7.65. The molecule has 0 aliphatic carbocycles. The highest BCUT2D eigenvalue weighted by Crippen LogP contribution is 2.19. The number of halogens is 1. The molecule has 0 heterocycles. The molecule has 3 nitrogen and oxygen atoms in total. The lowest BCUT2D eigenvalue weighted by atomic mass is 10.2. The Labute approximate surface area is 121 Å². The largest absolute Gasteiger partial charge is 0.489 e. The average molecular weight is 286 g/mol. The zero-order valence-corrected chi connectivity index (χ0v) is 12.7. The van der Waals surface area contributed by atoms with Gasteiger partial charge in [0.1, 0.15) is 11.9 Å². The van der Waals surface area contributed by atoms with Crippen LogP contribution in [0.15, 0.2) is 24.3 Å². The van der Waals surface area contributed by atoms with Gasteiger partial charge in [-0.15, -0.1) is 0 Å². The minimum absolute atomic E-state index is 0.0234. The highest BCUT2D eigenvalue weighted by Gasteiger charge is 2.18. The summed E-state index contributed by atoms with van der Waals surface area (Å²) in [6.07, 6.45) is 1.05. The van der Waals surface area contributed by atoms with E-state index < -0.39 is 0 Å². The topological polar surface area (TPSA) is 30.5 Å². The molecule has 0 aliphatic heterocycles. The number of benzene rings is 1. The molecule has 19 heavy (non-hydrogen) atoms. The number of hydrogen-bond acceptors (Lipinski definition) is 3. The highest BCUT2D eigenvalue weighted by atomic mass is 35.5. The van der Waals surface area contributed by atoms with Crippen LogP contribution in [0.2, 0.25) is 5.02 Å². The standard InChI is InChI=1S/C15H24ClNO2/c1-4-9-18-11-15(17-5-2)12(3)19-14-8-6-7-13(16)10-14/h6-8,10,12,15,17H,4-5,9,11H2,1-3H3. The third kappa shape index (κ3) is 6.28. The van der Waals surface area contributed by atoms with Gasteiger partial charge in [-0.1, -0.05) is 31.5 Å². The molecule has 1 rings (SSSR count). The zero-order chi connectivity index (χ0) is 14.1. The van der Waals surface area contributed by atoms with Crippen LogP contribution in [0.25, 0.3) is 0 Å². The van der Waals surface area contributed by atoms with Crippen LogP contribution >= 0.6 is 11.6 Å². The second kappa shape index (κ2) is 9.18. The summed E-state index contributed by atoms with van der Waals surface area (Å²) in [5, 5.41) is 4.08. The lowest BCUT2D eigenvalue weighted by Gasteiger charge is -2.25. The maximum atomic E-state index is 5.95. The van der Waals surface area contributed by atoms with Crippen LogP contribution in [0.4, 0.5) is 0 Å². The Morgan fingerprint density at radius 3 is 2.74 bits per heavy atom. The van der Waals surface area contributed by atoms with Crippen molar-refractivity contribution >= 4 is 11.6 Å². The van der Waals surface area contributed by atoms with Crippen LogP contribution in [-0.4, -0.2) is 31.9 Å². The second-order valence-electron chi connectivity index (χ2n) is 4.52. The van der Waals surface area contributed by atoms with Crippen molar-refractivity contribution in [3.63, 3.8) is 0 Å². The van der Waals surface area contributed by atoms with Gasteiger partial charge in [0.2, 0.25) is 0 Å². The normalized spacial score (nSPS) is 14.1. The van der Waals surface area contributed by atoms with Gasteiger partial charge < -0.3 is 14.8 Å². The van der Waals surface area contributed by atoms with Crippen molar-refractivity contribution in [1.29, 1.82) is 0 Å². The molecular weight excluding hydrogens is 262 g/mol. The molecule has 0 amide bonds. The average Bonchev–Trinajstić information content (AvgIpc) is 2.38. The predicted octanol–water partition coefficient (Wildman–Crippen LogP) is 3.51. The van der Waals surface area contributed by atoms with Crippen molar-refractivity contribution in [3.05, 3.63) is 29.3 Å². The Morgan fingerprint density at radius 2 is 2.11 bits per heavy atom. The Morgan fingerprint density at radius 1 is 1.32 bits per heavy atom. The van der Waals surface area contributed by atoms with Crippen molar-refractivity contribution in [1.82, 2.24) is 5.32 Å². The van der Waals surface area contributed by atoms with Gasteiger partial charge in [0, 0.05) is 11.6 Å². The van der Waals surface area contributed by atoms with Crippen molar-refractivity contribution < 1.29 is 9.47 Å². The Hall–Kier alpha value is -0.770. The number of nitrogens with one attached hydrogen (secondary N) is 1. The fourth-order valence-electron chi connectivity index (χ4n) is 1.81. The molecule has 0 spiro atoms. The molecule has 1 N–H and O–H groups in total. The first-order chi connectivity index (χ1) is 9.17. The molecule has 108 valence electrons. The molecule has 1 aromatic carbocycles. The number of ether oxygens (including phenoxy) is 2. The quantitative estimate of drug-likeness (QED) is 0.704. The number of likely N-dealkylation sites (N-methyl/N-ethyl adjacent to an activating group) is 1. The number of rotatable bonds is 9. The van der Waals surface area contributed by atoms with Crippen molar-refractivity contribution in [2.45, 2.75) is 39.3 Å². The minimum Gasteiger partial charge on any atom is -0.489 e. The molecular formula is C15H24ClNO2. The van der Waals surface area contributed by atoms with E-state index in [1.165, 1.54) is 0 Å². The first-order valence-corrected chi connectivity index (χ1v) is 7.28. The Kier molecular flexibility index (Phi) is 7.87. The summed E-state index contributed by atoms with van der Waals surface area (Å²) >= 11 is 5.95. The van der Waals surface area contributed by atoms with Crippen molar-refractivity contribution in [2.24, 2.45) is 0 Å². The first kappa shape index (κ1) is 16.3. The van der Waals surface area contributed by atoms with Crippen LogP contribution in [0.5, 0.6) is 5.75 Å². The van der Waals surface area contributed by atoms with E-state index in [4.69, 9.17) is 21.1 Å². The van der Waals surface area contributed by atoms with E-state index in [0.717, 1.165) is 25.3 Å². The van der Waals surface area contributed by atoms with E-state index in [2.05, 4.69) is 19.2 Å². The smallest absolute Gasteiger partial charge is 0.121 e. The van der Waals surface area contributed by atoms with E-state index in [9.17, 15) is 0 Å². The van der Waals surface area contributed by atoms with Gasteiger partial charge in [0.05, 0.1) is 12.6 Å². The van der Waals surface area contributed by atoms with Gasteiger partial charge in [0.25, 0.3) is 0 Å². The van der Waals surface area contributed by atoms with Gasteiger partial charge in [-0.05, 0) is 38.1 Å². The van der Waals surface area contributed by atoms with E-state index >= 15 is 0 Å². The Balaban J connectivity index is 2.52. The molecule has 0 fully saturated rings. The van der Waals surface area contributed by atoms with Crippen molar-refractivity contribution in [2.75, 3.05) is 19.8 Å². The summed E-state index contributed by atoms with van der Waals surface area (Å²) in [6.45, 7) is 8.56. The highest BCUT2D eigenvalue weighted by molar-refractivity contribution is 6.30. The fourth-order valence-corrected chi connectivity index (χ4v) is 1.99. The third-order valence-electron chi connectivity index (χ3n) is 2.80. The Bertz CT molecular complexity index is 360. The molecule has 0 saturated carbocycles. The molecule has 0 aromatic heterocycles. The molecule has 2 atom stereocenters. The lowest BCUT2D eigenvalue weighted by molar-refractivity contribution is 0.0668. The maximum Gasteiger partial charge on any atom is 0.121 e. The van der Waals surface area contributed by atoms with E-state index in [0.29, 0.717) is 11.6 Å². The molecule has 0 bridgehead atoms. The SMILES string of the molecule is CCCOCC(NCC)C(C)Oc1cccc(Cl)c1. The van der Waals surface area contributed by atoms with Crippen LogP contribution in [-0.2, 0) is 4.74 Å². The van der Waals surface area contributed by atoms with Gasteiger partial charge in [0.15, 0.2) is 0 Å². The molecule has 4 heteroatoms. The van der Waals surface area contributed by atoms with Crippen molar-refractivity contribution in [3.8, 4) is 5.75 Å². The summed E-state index contributed by atoms with van der Waals surface area (Å²) in [4.78, 5) is 0. The molecule has 0 saturated heterocycles. The summed E-state index contributed by atoms with van der Waals surface area (Å²) in [5.41, 5.74) is 0. The van der Waals surface area contributed by atoms with E-state index in [1.807, 2.05) is 31.2 Å². The lowest BCUT2D eigenvalue weighted by Crippen LogP contribution is -2.44. The van der Waals surface area contributed by atoms with Gasteiger partial charge in [-0.25, -0.2) is 0 Å². The van der Waals surface area contributed by atoms with E-state index in [-0.39, 0.29) is 12.1 Å². The molecule has 0 radical (unpaired) electrons. The molecule has 2 unspecified atom stereocenters. The maximum absolute atomic E-state index is 5.95.